The summed E-state index contributed by atoms with van der Waals surface area (Å²) in [6.45, 7) is 7.23. The molecule has 0 fully saturated rings. The van der Waals surface area contributed by atoms with E-state index < -0.39 is 0 Å². The van der Waals surface area contributed by atoms with Crippen LogP contribution in [0.5, 0.6) is 5.75 Å². The lowest BCUT2D eigenvalue weighted by molar-refractivity contribution is 0.192. The highest BCUT2D eigenvalue weighted by atomic mass is 16.5. The van der Waals surface area contributed by atoms with Crippen LogP contribution in [-0.2, 0) is 6.54 Å². The highest BCUT2D eigenvalue weighted by Gasteiger charge is 2.06. The molecule has 1 aromatic heterocycles. The van der Waals surface area contributed by atoms with E-state index in [4.69, 9.17) is 4.74 Å². The lowest BCUT2D eigenvalue weighted by atomic mass is 10.2. The zero-order chi connectivity index (χ0) is 9.68. The van der Waals surface area contributed by atoms with Gasteiger partial charge >= 0.3 is 0 Å². The standard InChI is InChI=1S/C10H18N2O/c1-4-9(5-2)13-10-7-11-12(6-3)8-10/h7-9H,4-6H2,1-3H3. The smallest absolute Gasteiger partial charge is 0.157 e. The SMILES string of the molecule is CCC(CC)Oc1cnn(CC)c1. The molecule has 0 aliphatic rings. The van der Waals surface area contributed by atoms with E-state index in [2.05, 4.69) is 25.9 Å². The van der Waals surface area contributed by atoms with Crippen molar-refractivity contribution in [1.29, 1.82) is 0 Å². The topological polar surface area (TPSA) is 27.1 Å². The van der Waals surface area contributed by atoms with Gasteiger partial charge in [0.1, 0.15) is 0 Å². The number of hydrogen-bond acceptors (Lipinski definition) is 2. The van der Waals surface area contributed by atoms with Crippen molar-refractivity contribution in [2.75, 3.05) is 0 Å². The molecular weight excluding hydrogens is 164 g/mol. The number of aryl methyl sites for hydroxylation is 1. The summed E-state index contributed by atoms with van der Waals surface area (Å²) >= 11 is 0. The molecule has 0 atom stereocenters. The van der Waals surface area contributed by atoms with Crippen LogP contribution >= 0.6 is 0 Å². The van der Waals surface area contributed by atoms with Crippen LogP contribution in [0.4, 0.5) is 0 Å². The van der Waals surface area contributed by atoms with Crippen molar-refractivity contribution in [3.05, 3.63) is 12.4 Å². The van der Waals surface area contributed by atoms with E-state index >= 15 is 0 Å². The Kier molecular flexibility index (Phi) is 3.80. The molecule has 3 nitrogen and oxygen atoms in total. The number of nitrogens with zero attached hydrogens (tertiary/aromatic N) is 2. The van der Waals surface area contributed by atoms with E-state index in [0.29, 0.717) is 6.10 Å². The monoisotopic (exact) mass is 182 g/mol. The average Bonchev–Trinajstić information content (AvgIpc) is 2.61. The quantitative estimate of drug-likeness (QED) is 0.699. The Morgan fingerprint density at radius 3 is 2.54 bits per heavy atom. The van der Waals surface area contributed by atoms with Gasteiger partial charge in [-0.15, -0.1) is 0 Å². The van der Waals surface area contributed by atoms with Gasteiger partial charge in [-0.2, -0.15) is 5.10 Å². The van der Waals surface area contributed by atoms with Gasteiger partial charge < -0.3 is 4.74 Å². The van der Waals surface area contributed by atoms with E-state index in [1.165, 1.54) is 0 Å². The average molecular weight is 182 g/mol. The van der Waals surface area contributed by atoms with Crippen LogP contribution in [0.2, 0.25) is 0 Å². The van der Waals surface area contributed by atoms with Crippen molar-refractivity contribution in [2.24, 2.45) is 0 Å². The molecule has 0 unspecified atom stereocenters. The van der Waals surface area contributed by atoms with E-state index in [9.17, 15) is 0 Å². The summed E-state index contributed by atoms with van der Waals surface area (Å²) in [5, 5.41) is 4.15. The molecule has 0 aliphatic carbocycles. The Morgan fingerprint density at radius 2 is 2.08 bits per heavy atom. The molecule has 0 aliphatic heterocycles. The maximum atomic E-state index is 5.71. The predicted molar refractivity (Wildman–Crippen MR) is 52.9 cm³/mol. The van der Waals surface area contributed by atoms with Crippen LogP contribution in [0.15, 0.2) is 12.4 Å². The Morgan fingerprint density at radius 1 is 1.38 bits per heavy atom. The Balaban J connectivity index is 2.52. The third-order valence-corrected chi connectivity index (χ3v) is 2.15. The molecule has 1 aromatic rings. The van der Waals surface area contributed by atoms with E-state index in [0.717, 1.165) is 25.1 Å². The second kappa shape index (κ2) is 4.90. The van der Waals surface area contributed by atoms with Crippen LogP contribution in [-0.4, -0.2) is 15.9 Å². The number of ether oxygens (including phenoxy) is 1. The summed E-state index contributed by atoms with van der Waals surface area (Å²) in [5.41, 5.74) is 0. The Labute approximate surface area is 79.7 Å². The van der Waals surface area contributed by atoms with Gasteiger partial charge in [-0.1, -0.05) is 13.8 Å². The maximum Gasteiger partial charge on any atom is 0.157 e. The minimum atomic E-state index is 0.328. The molecule has 13 heavy (non-hydrogen) atoms. The summed E-state index contributed by atoms with van der Waals surface area (Å²) < 4.78 is 7.58. The molecule has 0 bridgehead atoms. The molecule has 74 valence electrons. The second-order valence-electron chi connectivity index (χ2n) is 3.09. The molecule has 0 saturated carbocycles. The van der Waals surface area contributed by atoms with Crippen LogP contribution in [0, 0.1) is 0 Å². The normalized spacial score (nSPS) is 10.8. The molecule has 0 radical (unpaired) electrons. The first-order chi connectivity index (χ1) is 6.30. The lowest BCUT2D eigenvalue weighted by Gasteiger charge is -2.13. The minimum Gasteiger partial charge on any atom is -0.487 e. The van der Waals surface area contributed by atoms with Crippen molar-refractivity contribution in [2.45, 2.75) is 46.3 Å². The molecule has 3 heteroatoms. The zero-order valence-electron chi connectivity index (χ0n) is 8.66. The van der Waals surface area contributed by atoms with Gasteiger partial charge in [-0.05, 0) is 19.8 Å². The summed E-state index contributed by atoms with van der Waals surface area (Å²) in [7, 11) is 0. The van der Waals surface area contributed by atoms with E-state index in [1.54, 1.807) is 6.20 Å². The number of hydrogen-bond donors (Lipinski definition) is 0. The molecule has 1 rings (SSSR count). The van der Waals surface area contributed by atoms with Crippen molar-refractivity contribution in [3.63, 3.8) is 0 Å². The van der Waals surface area contributed by atoms with Crippen LogP contribution in [0.3, 0.4) is 0 Å². The number of aromatic nitrogens is 2. The van der Waals surface area contributed by atoms with Gasteiger partial charge in [-0.25, -0.2) is 0 Å². The van der Waals surface area contributed by atoms with Gasteiger partial charge in [0.15, 0.2) is 5.75 Å². The highest BCUT2D eigenvalue weighted by Crippen LogP contribution is 2.13. The van der Waals surface area contributed by atoms with Crippen LogP contribution in [0.1, 0.15) is 33.6 Å². The first-order valence-corrected chi connectivity index (χ1v) is 4.99. The molecule has 0 spiro atoms. The maximum absolute atomic E-state index is 5.71. The van der Waals surface area contributed by atoms with Crippen LogP contribution < -0.4 is 4.74 Å². The summed E-state index contributed by atoms with van der Waals surface area (Å²) in [6, 6.07) is 0. The summed E-state index contributed by atoms with van der Waals surface area (Å²) in [6.07, 6.45) is 6.15. The molecular formula is C10H18N2O. The fourth-order valence-corrected chi connectivity index (χ4v) is 1.23. The van der Waals surface area contributed by atoms with Crippen molar-refractivity contribution >= 4 is 0 Å². The zero-order valence-corrected chi connectivity index (χ0v) is 8.66. The largest absolute Gasteiger partial charge is 0.487 e. The predicted octanol–water partition coefficient (Wildman–Crippen LogP) is 2.47. The summed E-state index contributed by atoms with van der Waals surface area (Å²) in [4.78, 5) is 0. The third kappa shape index (κ3) is 2.76. The second-order valence-corrected chi connectivity index (χ2v) is 3.09. The minimum absolute atomic E-state index is 0.328. The van der Waals surface area contributed by atoms with Gasteiger partial charge in [0.05, 0.1) is 18.5 Å². The van der Waals surface area contributed by atoms with Gasteiger partial charge in [0.25, 0.3) is 0 Å². The molecule has 0 N–H and O–H groups in total. The van der Waals surface area contributed by atoms with Crippen LogP contribution in [0.25, 0.3) is 0 Å². The molecule has 0 amide bonds. The van der Waals surface area contributed by atoms with Crippen molar-refractivity contribution in [3.8, 4) is 5.75 Å². The lowest BCUT2D eigenvalue weighted by Crippen LogP contribution is -2.13. The first kappa shape index (κ1) is 10.1. The first-order valence-electron chi connectivity index (χ1n) is 4.99. The van der Waals surface area contributed by atoms with E-state index in [1.807, 2.05) is 10.9 Å². The molecule has 1 heterocycles. The molecule has 0 aromatic carbocycles. The third-order valence-electron chi connectivity index (χ3n) is 2.15. The Bertz CT molecular complexity index is 241. The van der Waals surface area contributed by atoms with Gasteiger partial charge in [0.2, 0.25) is 0 Å². The summed E-state index contributed by atoms with van der Waals surface area (Å²) in [5.74, 6) is 0.885. The van der Waals surface area contributed by atoms with Gasteiger partial charge in [-0.3, -0.25) is 4.68 Å². The fraction of sp³-hybridized carbons (Fsp3) is 0.700. The highest BCUT2D eigenvalue weighted by molar-refractivity contribution is 5.12. The van der Waals surface area contributed by atoms with Crippen molar-refractivity contribution < 1.29 is 4.74 Å². The van der Waals surface area contributed by atoms with Gasteiger partial charge in [0, 0.05) is 6.54 Å². The molecule has 0 saturated heterocycles. The van der Waals surface area contributed by atoms with Crippen molar-refractivity contribution in [1.82, 2.24) is 9.78 Å². The van der Waals surface area contributed by atoms with E-state index in [-0.39, 0.29) is 0 Å². The fourth-order valence-electron chi connectivity index (χ4n) is 1.23. The Hall–Kier alpha value is -0.990. The number of rotatable bonds is 5.